The van der Waals surface area contributed by atoms with Gasteiger partial charge in [0.25, 0.3) is 0 Å². The number of hydrogen-bond acceptors (Lipinski definition) is 6. The van der Waals surface area contributed by atoms with Crippen molar-refractivity contribution in [3.8, 4) is 5.82 Å². The van der Waals surface area contributed by atoms with Crippen LogP contribution in [-0.4, -0.2) is 63.3 Å². The van der Waals surface area contributed by atoms with E-state index in [4.69, 9.17) is 4.74 Å². The number of anilines is 1. The summed E-state index contributed by atoms with van der Waals surface area (Å²) >= 11 is 0. The van der Waals surface area contributed by atoms with Crippen LogP contribution in [0.5, 0.6) is 0 Å². The Morgan fingerprint density at radius 3 is 2.58 bits per heavy atom. The first-order valence-electron chi connectivity index (χ1n) is 8.58. The Labute approximate surface area is 143 Å². The fourth-order valence-corrected chi connectivity index (χ4v) is 3.07. The number of rotatable bonds is 6. The zero-order valence-electron chi connectivity index (χ0n) is 14.6. The summed E-state index contributed by atoms with van der Waals surface area (Å²) in [6.07, 6.45) is 3.61. The second-order valence-corrected chi connectivity index (χ2v) is 6.48. The molecule has 1 saturated heterocycles. The summed E-state index contributed by atoms with van der Waals surface area (Å²) in [7, 11) is 0. The number of aromatic nitrogens is 4. The Morgan fingerprint density at radius 2 is 1.96 bits per heavy atom. The third kappa shape index (κ3) is 4.52. The molecule has 130 valence electrons. The van der Waals surface area contributed by atoms with Crippen molar-refractivity contribution in [3.05, 3.63) is 30.1 Å². The van der Waals surface area contributed by atoms with Gasteiger partial charge in [0.1, 0.15) is 5.82 Å². The predicted molar refractivity (Wildman–Crippen MR) is 93.4 cm³/mol. The monoisotopic (exact) mass is 330 g/mol. The molecule has 0 aromatic carbocycles. The summed E-state index contributed by atoms with van der Waals surface area (Å²) in [5.41, 5.74) is 0.964. The van der Waals surface area contributed by atoms with E-state index in [1.54, 1.807) is 4.68 Å². The van der Waals surface area contributed by atoms with Gasteiger partial charge in [0.05, 0.1) is 17.9 Å². The van der Waals surface area contributed by atoms with Gasteiger partial charge in [0.15, 0.2) is 5.82 Å². The average Bonchev–Trinajstić information content (AvgIpc) is 2.98. The van der Waals surface area contributed by atoms with Crippen molar-refractivity contribution in [2.75, 3.05) is 31.5 Å². The van der Waals surface area contributed by atoms with Gasteiger partial charge in [-0.2, -0.15) is 5.10 Å². The van der Waals surface area contributed by atoms with Crippen molar-refractivity contribution in [2.24, 2.45) is 0 Å². The number of hydrogen-bond donors (Lipinski definition) is 1. The smallest absolute Gasteiger partial charge is 0.175 e. The first kappa shape index (κ1) is 16.9. The largest absolute Gasteiger partial charge is 0.373 e. The van der Waals surface area contributed by atoms with Gasteiger partial charge >= 0.3 is 0 Å². The van der Waals surface area contributed by atoms with Crippen LogP contribution in [0.15, 0.2) is 24.4 Å². The van der Waals surface area contributed by atoms with E-state index in [-0.39, 0.29) is 0 Å². The minimum Gasteiger partial charge on any atom is -0.373 e. The van der Waals surface area contributed by atoms with Crippen molar-refractivity contribution in [2.45, 2.75) is 39.4 Å². The molecule has 0 spiro atoms. The summed E-state index contributed by atoms with van der Waals surface area (Å²) < 4.78 is 7.49. The zero-order valence-corrected chi connectivity index (χ0v) is 14.6. The third-order valence-corrected chi connectivity index (χ3v) is 4.06. The molecule has 3 rings (SSSR count). The summed E-state index contributed by atoms with van der Waals surface area (Å²) in [6, 6.07) is 5.81. The lowest BCUT2D eigenvalue weighted by Gasteiger charge is -2.35. The molecule has 2 aromatic heterocycles. The van der Waals surface area contributed by atoms with Gasteiger partial charge in [-0.1, -0.05) is 0 Å². The Kier molecular flexibility index (Phi) is 5.42. The quantitative estimate of drug-likeness (QED) is 0.816. The Hall–Kier alpha value is -1.99. The van der Waals surface area contributed by atoms with E-state index in [1.807, 2.05) is 31.3 Å². The lowest BCUT2D eigenvalue weighted by molar-refractivity contribution is -0.0678. The molecular formula is C17H26N6O. The lowest BCUT2D eigenvalue weighted by Crippen LogP contribution is -2.45. The van der Waals surface area contributed by atoms with Crippen molar-refractivity contribution in [1.29, 1.82) is 0 Å². The maximum absolute atomic E-state index is 5.76. The number of nitrogens with one attached hydrogen (secondary N) is 1. The second-order valence-electron chi connectivity index (χ2n) is 6.48. The van der Waals surface area contributed by atoms with Gasteiger partial charge in [0.2, 0.25) is 0 Å². The Morgan fingerprint density at radius 1 is 1.17 bits per heavy atom. The standard InChI is InChI=1S/C17H26N6O/c1-13-7-10-23(21-13)17-6-5-16(19-20-17)18-8-4-9-22-11-14(2)24-15(3)12-22/h5-7,10,14-15H,4,8-9,11-12H2,1-3H3,(H,18,19). The van der Waals surface area contributed by atoms with Crippen LogP contribution in [0.25, 0.3) is 5.82 Å². The van der Waals surface area contributed by atoms with Crippen molar-refractivity contribution in [3.63, 3.8) is 0 Å². The lowest BCUT2D eigenvalue weighted by atomic mass is 10.2. The third-order valence-electron chi connectivity index (χ3n) is 4.06. The van der Waals surface area contributed by atoms with E-state index in [9.17, 15) is 0 Å². The van der Waals surface area contributed by atoms with Crippen LogP contribution in [-0.2, 0) is 4.74 Å². The van der Waals surface area contributed by atoms with Gasteiger partial charge in [-0.05, 0) is 45.4 Å². The minimum atomic E-state index is 0.325. The van der Waals surface area contributed by atoms with E-state index < -0.39 is 0 Å². The Balaban J connectivity index is 1.42. The summed E-state index contributed by atoms with van der Waals surface area (Å²) in [5, 5.41) is 16.1. The topological polar surface area (TPSA) is 68.1 Å². The average molecular weight is 330 g/mol. The van der Waals surface area contributed by atoms with Crippen LogP contribution in [0.2, 0.25) is 0 Å². The molecule has 3 heterocycles. The van der Waals surface area contributed by atoms with Crippen molar-refractivity contribution < 1.29 is 4.74 Å². The molecule has 0 radical (unpaired) electrons. The molecule has 1 N–H and O–H groups in total. The second kappa shape index (κ2) is 7.72. The molecule has 2 atom stereocenters. The number of ether oxygens (including phenoxy) is 1. The first-order valence-corrected chi connectivity index (χ1v) is 8.58. The van der Waals surface area contributed by atoms with Gasteiger partial charge in [0, 0.05) is 32.4 Å². The van der Waals surface area contributed by atoms with Gasteiger partial charge in [-0.3, -0.25) is 4.90 Å². The number of nitrogens with zero attached hydrogens (tertiary/aromatic N) is 5. The highest BCUT2D eigenvalue weighted by molar-refractivity contribution is 5.36. The molecule has 0 amide bonds. The molecule has 1 fully saturated rings. The van der Waals surface area contributed by atoms with E-state index in [0.717, 1.165) is 49.9 Å². The van der Waals surface area contributed by atoms with Gasteiger partial charge in [-0.25, -0.2) is 4.68 Å². The van der Waals surface area contributed by atoms with E-state index in [2.05, 4.69) is 39.4 Å². The summed E-state index contributed by atoms with van der Waals surface area (Å²) in [5.74, 6) is 1.52. The fraction of sp³-hybridized carbons (Fsp3) is 0.588. The molecule has 0 saturated carbocycles. The highest BCUT2D eigenvalue weighted by atomic mass is 16.5. The van der Waals surface area contributed by atoms with Crippen LogP contribution >= 0.6 is 0 Å². The van der Waals surface area contributed by atoms with Crippen LogP contribution in [0.1, 0.15) is 26.0 Å². The van der Waals surface area contributed by atoms with E-state index >= 15 is 0 Å². The number of aryl methyl sites for hydroxylation is 1. The van der Waals surface area contributed by atoms with Crippen LogP contribution in [0.4, 0.5) is 5.82 Å². The summed E-state index contributed by atoms with van der Waals surface area (Å²) in [4.78, 5) is 2.47. The maximum Gasteiger partial charge on any atom is 0.175 e. The molecule has 1 aliphatic rings. The molecule has 2 unspecified atom stereocenters. The maximum atomic E-state index is 5.76. The molecule has 0 aliphatic carbocycles. The number of morpholine rings is 1. The molecule has 7 heteroatoms. The van der Waals surface area contributed by atoms with Crippen LogP contribution in [0, 0.1) is 6.92 Å². The van der Waals surface area contributed by atoms with E-state index in [1.165, 1.54) is 0 Å². The van der Waals surface area contributed by atoms with E-state index in [0.29, 0.717) is 12.2 Å². The normalized spacial score (nSPS) is 21.8. The molecule has 7 nitrogen and oxygen atoms in total. The molecular weight excluding hydrogens is 304 g/mol. The highest BCUT2D eigenvalue weighted by Gasteiger charge is 2.21. The zero-order chi connectivity index (χ0) is 16.9. The predicted octanol–water partition coefficient (Wildman–Crippen LogP) is 1.88. The van der Waals surface area contributed by atoms with Crippen molar-refractivity contribution in [1.82, 2.24) is 24.9 Å². The van der Waals surface area contributed by atoms with Crippen LogP contribution < -0.4 is 5.32 Å². The van der Waals surface area contributed by atoms with Crippen molar-refractivity contribution >= 4 is 5.82 Å². The molecule has 1 aliphatic heterocycles. The minimum absolute atomic E-state index is 0.325. The molecule has 0 bridgehead atoms. The summed E-state index contributed by atoms with van der Waals surface area (Å²) in [6.45, 7) is 10.2. The first-order chi connectivity index (χ1) is 11.6. The van der Waals surface area contributed by atoms with Gasteiger partial charge < -0.3 is 10.1 Å². The highest BCUT2D eigenvalue weighted by Crippen LogP contribution is 2.11. The molecule has 24 heavy (non-hydrogen) atoms. The van der Waals surface area contributed by atoms with Crippen LogP contribution in [0.3, 0.4) is 0 Å². The van der Waals surface area contributed by atoms with Gasteiger partial charge in [-0.15, -0.1) is 10.2 Å². The SMILES string of the molecule is Cc1ccn(-c2ccc(NCCCN3CC(C)OC(C)C3)nn2)n1. The fourth-order valence-electron chi connectivity index (χ4n) is 3.07. The Bertz CT molecular complexity index is 631. The molecule has 2 aromatic rings.